The number of fused-ring (bicyclic) bond motifs is 1. The van der Waals surface area contributed by atoms with Crippen LogP contribution in [0.25, 0.3) is 0 Å². The quantitative estimate of drug-likeness (QED) is 0.882. The van der Waals surface area contributed by atoms with Gasteiger partial charge in [0.15, 0.2) is 5.16 Å². The number of thioether (sulfide) groups is 1. The molecule has 1 unspecified atom stereocenters. The Hall–Kier alpha value is -0.850. The standard InChI is InChI=1S/C14H20N4S2/c1-10-6-8-19-13(10)11(9-15)20-14-17-16-12-5-3-2-4-7-18(12)14/h6,8,11H,2-5,7,9,15H2,1H3. The minimum Gasteiger partial charge on any atom is -0.329 e. The third-order valence-electron chi connectivity index (χ3n) is 3.73. The molecule has 0 amide bonds. The summed E-state index contributed by atoms with van der Waals surface area (Å²) in [6.45, 7) is 3.83. The molecule has 3 heterocycles. The van der Waals surface area contributed by atoms with E-state index in [9.17, 15) is 0 Å². The van der Waals surface area contributed by atoms with Gasteiger partial charge in [-0.15, -0.1) is 21.5 Å². The fourth-order valence-electron chi connectivity index (χ4n) is 2.60. The van der Waals surface area contributed by atoms with Crippen LogP contribution in [0.2, 0.25) is 0 Å². The number of thiophene rings is 1. The summed E-state index contributed by atoms with van der Waals surface area (Å²) in [5.74, 6) is 1.14. The van der Waals surface area contributed by atoms with Crippen LogP contribution in [0.4, 0.5) is 0 Å². The van der Waals surface area contributed by atoms with Crippen LogP contribution in [-0.4, -0.2) is 21.3 Å². The van der Waals surface area contributed by atoms with Gasteiger partial charge in [0.2, 0.25) is 0 Å². The van der Waals surface area contributed by atoms with Gasteiger partial charge in [-0.25, -0.2) is 0 Å². The van der Waals surface area contributed by atoms with Crippen LogP contribution in [-0.2, 0) is 13.0 Å². The zero-order valence-electron chi connectivity index (χ0n) is 11.7. The van der Waals surface area contributed by atoms with Crippen LogP contribution in [0.15, 0.2) is 16.6 Å². The largest absolute Gasteiger partial charge is 0.329 e. The lowest BCUT2D eigenvalue weighted by Crippen LogP contribution is -2.11. The molecule has 2 N–H and O–H groups in total. The summed E-state index contributed by atoms with van der Waals surface area (Å²) in [5, 5.41) is 12.2. The summed E-state index contributed by atoms with van der Waals surface area (Å²) in [5.41, 5.74) is 7.31. The first-order chi connectivity index (χ1) is 9.79. The highest BCUT2D eigenvalue weighted by molar-refractivity contribution is 7.99. The maximum absolute atomic E-state index is 5.98. The van der Waals surface area contributed by atoms with Gasteiger partial charge < -0.3 is 10.3 Å². The molecule has 6 heteroatoms. The van der Waals surface area contributed by atoms with E-state index < -0.39 is 0 Å². The average molecular weight is 308 g/mol. The van der Waals surface area contributed by atoms with Gasteiger partial charge in [0.05, 0.1) is 5.25 Å². The maximum atomic E-state index is 5.98. The molecule has 1 aliphatic heterocycles. The second kappa shape index (κ2) is 6.28. The monoisotopic (exact) mass is 308 g/mol. The van der Waals surface area contributed by atoms with Gasteiger partial charge in [-0.05, 0) is 36.8 Å². The lowest BCUT2D eigenvalue weighted by atomic mass is 10.2. The predicted octanol–water partition coefficient (Wildman–Crippen LogP) is 3.17. The molecule has 0 bridgehead atoms. The lowest BCUT2D eigenvalue weighted by molar-refractivity contribution is 0.590. The normalized spacial score (nSPS) is 16.7. The van der Waals surface area contributed by atoms with Crippen LogP contribution in [0.1, 0.15) is 40.8 Å². The minimum atomic E-state index is 0.284. The van der Waals surface area contributed by atoms with Gasteiger partial charge in [0.1, 0.15) is 5.82 Å². The van der Waals surface area contributed by atoms with Gasteiger partial charge in [0.25, 0.3) is 0 Å². The third kappa shape index (κ3) is 2.77. The summed E-state index contributed by atoms with van der Waals surface area (Å²) >= 11 is 3.55. The maximum Gasteiger partial charge on any atom is 0.191 e. The smallest absolute Gasteiger partial charge is 0.191 e. The number of hydrogen-bond acceptors (Lipinski definition) is 5. The summed E-state index contributed by atoms with van der Waals surface area (Å²) < 4.78 is 2.29. The Morgan fingerprint density at radius 3 is 3.05 bits per heavy atom. The van der Waals surface area contributed by atoms with Crippen molar-refractivity contribution in [1.82, 2.24) is 14.8 Å². The van der Waals surface area contributed by atoms with Crippen molar-refractivity contribution < 1.29 is 0 Å². The topological polar surface area (TPSA) is 56.7 Å². The Labute approximate surface area is 127 Å². The van der Waals surface area contributed by atoms with Crippen molar-refractivity contribution in [2.75, 3.05) is 6.54 Å². The molecule has 20 heavy (non-hydrogen) atoms. The minimum absolute atomic E-state index is 0.284. The molecule has 2 aromatic rings. The van der Waals surface area contributed by atoms with Crippen LogP contribution in [0.3, 0.4) is 0 Å². The molecule has 0 spiro atoms. The van der Waals surface area contributed by atoms with Gasteiger partial charge in [-0.3, -0.25) is 0 Å². The SMILES string of the molecule is Cc1ccsc1C(CN)Sc1nnc2n1CCCCC2. The van der Waals surface area contributed by atoms with Crippen molar-refractivity contribution in [2.45, 2.75) is 49.6 Å². The molecule has 2 aromatic heterocycles. The molecule has 0 aromatic carbocycles. The molecule has 0 aliphatic carbocycles. The highest BCUT2D eigenvalue weighted by Gasteiger charge is 2.21. The Kier molecular flexibility index (Phi) is 4.43. The second-order valence-electron chi connectivity index (χ2n) is 5.17. The van der Waals surface area contributed by atoms with Crippen LogP contribution < -0.4 is 5.73 Å². The fraction of sp³-hybridized carbons (Fsp3) is 0.571. The highest BCUT2D eigenvalue weighted by Crippen LogP contribution is 2.38. The molecule has 0 saturated carbocycles. The summed E-state index contributed by atoms with van der Waals surface area (Å²) in [7, 11) is 0. The first-order valence-corrected chi connectivity index (χ1v) is 8.88. The zero-order chi connectivity index (χ0) is 13.9. The van der Waals surface area contributed by atoms with E-state index in [1.165, 1.54) is 29.7 Å². The van der Waals surface area contributed by atoms with E-state index in [-0.39, 0.29) is 5.25 Å². The number of hydrogen-bond donors (Lipinski definition) is 1. The molecular formula is C14H20N4S2. The van der Waals surface area contributed by atoms with Gasteiger partial charge in [-0.1, -0.05) is 18.2 Å². The number of nitrogens with two attached hydrogens (primary N) is 1. The first kappa shape index (κ1) is 14.1. The number of aromatic nitrogens is 3. The summed E-state index contributed by atoms with van der Waals surface area (Å²) in [4.78, 5) is 1.36. The Bertz CT molecular complexity index is 575. The van der Waals surface area contributed by atoms with Crippen molar-refractivity contribution in [3.05, 3.63) is 27.7 Å². The fourth-order valence-corrected chi connectivity index (χ4v) is 4.88. The van der Waals surface area contributed by atoms with E-state index in [0.29, 0.717) is 6.54 Å². The number of rotatable bonds is 4. The van der Waals surface area contributed by atoms with Crippen LogP contribution in [0.5, 0.6) is 0 Å². The van der Waals surface area contributed by atoms with E-state index in [2.05, 4.69) is 33.1 Å². The lowest BCUT2D eigenvalue weighted by Gasteiger charge is -2.14. The summed E-state index contributed by atoms with van der Waals surface area (Å²) in [6.07, 6.45) is 4.80. The number of aryl methyl sites for hydroxylation is 2. The van der Waals surface area contributed by atoms with Gasteiger partial charge in [-0.2, -0.15) is 0 Å². The third-order valence-corrected chi connectivity index (χ3v) is 6.24. The van der Waals surface area contributed by atoms with Gasteiger partial charge in [0, 0.05) is 24.4 Å². The van der Waals surface area contributed by atoms with Crippen LogP contribution in [0, 0.1) is 6.92 Å². The molecule has 0 saturated heterocycles. The molecule has 0 fully saturated rings. The number of nitrogens with zero attached hydrogens (tertiary/aromatic N) is 3. The average Bonchev–Trinajstić information content (AvgIpc) is 2.95. The predicted molar refractivity (Wildman–Crippen MR) is 84.3 cm³/mol. The van der Waals surface area contributed by atoms with E-state index in [1.807, 2.05) is 0 Å². The molecule has 108 valence electrons. The molecule has 0 radical (unpaired) electrons. The first-order valence-electron chi connectivity index (χ1n) is 7.12. The van der Waals surface area contributed by atoms with Crippen molar-refractivity contribution in [1.29, 1.82) is 0 Å². The molecule has 1 aliphatic rings. The van der Waals surface area contributed by atoms with E-state index in [4.69, 9.17) is 5.73 Å². The second-order valence-corrected chi connectivity index (χ2v) is 7.29. The molecule has 3 rings (SSSR count). The summed E-state index contributed by atoms with van der Waals surface area (Å²) in [6, 6.07) is 2.16. The van der Waals surface area contributed by atoms with Gasteiger partial charge >= 0.3 is 0 Å². The van der Waals surface area contributed by atoms with Crippen molar-refractivity contribution in [2.24, 2.45) is 5.73 Å². The van der Waals surface area contributed by atoms with E-state index in [1.54, 1.807) is 23.1 Å². The van der Waals surface area contributed by atoms with Crippen molar-refractivity contribution in [3.8, 4) is 0 Å². The Balaban J connectivity index is 1.83. The van der Waals surface area contributed by atoms with Crippen LogP contribution >= 0.6 is 23.1 Å². The molecular weight excluding hydrogens is 288 g/mol. The molecule has 1 atom stereocenters. The van der Waals surface area contributed by atoms with Crippen molar-refractivity contribution >= 4 is 23.1 Å². The highest BCUT2D eigenvalue weighted by atomic mass is 32.2. The zero-order valence-corrected chi connectivity index (χ0v) is 13.3. The van der Waals surface area contributed by atoms with Crippen molar-refractivity contribution in [3.63, 3.8) is 0 Å². The molecule has 4 nitrogen and oxygen atoms in total. The Morgan fingerprint density at radius 1 is 1.40 bits per heavy atom. The van der Waals surface area contributed by atoms with E-state index in [0.717, 1.165) is 23.9 Å². The van der Waals surface area contributed by atoms with E-state index >= 15 is 0 Å². The Morgan fingerprint density at radius 2 is 2.30 bits per heavy atom.